The molecule has 0 heterocycles. The first kappa shape index (κ1) is 13.5. The quantitative estimate of drug-likeness (QED) is 0.527. The molecule has 0 aliphatic heterocycles. The maximum absolute atomic E-state index is 11.5. The number of benzene rings is 1. The summed E-state index contributed by atoms with van der Waals surface area (Å²) in [5.41, 5.74) is 1.95. The van der Waals surface area contributed by atoms with Crippen LogP contribution in [0.15, 0.2) is 36.9 Å². The molecule has 2 nitrogen and oxygen atoms in total. The zero-order chi connectivity index (χ0) is 12.7. The van der Waals surface area contributed by atoms with Gasteiger partial charge in [0.25, 0.3) is 0 Å². The van der Waals surface area contributed by atoms with Crippen LogP contribution < -0.4 is 4.90 Å². The van der Waals surface area contributed by atoms with Gasteiger partial charge < -0.3 is 4.90 Å². The zero-order valence-corrected chi connectivity index (χ0v) is 10.8. The third kappa shape index (κ3) is 3.74. The van der Waals surface area contributed by atoms with Gasteiger partial charge in [0.05, 0.1) is 0 Å². The van der Waals surface area contributed by atoms with Crippen LogP contribution in [0.5, 0.6) is 0 Å². The van der Waals surface area contributed by atoms with Crippen molar-refractivity contribution in [3.05, 3.63) is 42.5 Å². The van der Waals surface area contributed by atoms with E-state index >= 15 is 0 Å². The fourth-order valence-electron chi connectivity index (χ4n) is 1.81. The number of Topliss-reactive ketones (excluding diaryl/α,β-unsaturated/α-hetero) is 1. The monoisotopic (exact) mass is 231 g/mol. The molecule has 0 fully saturated rings. The van der Waals surface area contributed by atoms with Crippen molar-refractivity contribution in [3.63, 3.8) is 0 Å². The van der Waals surface area contributed by atoms with E-state index in [1.165, 1.54) is 0 Å². The minimum absolute atomic E-state index is 0.197. The lowest BCUT2D eigenvalue weighted by Crippen LogP contribution is -2.23. The van der Waals surface area contributed by atoms with E-state index < -0.39 is 0 Å². The van der Waals surface area contributed by atoms with Gasteiger partial charge in [0.2, 0.25) is 0 Å². The number of hydrogen-bond acceptors (Lipinski definition) is 2. The van der Waals surface area contributed by atoms with E-state index in [4.69, 9.17) is 0 Å². The van der Waals surface area contributed by atoms with Crippen molar-refractivity contribution in [3.8, 4) is 0 Å². The molecule has 0 saturated heterocycles. The molecule has 1 rings (SSSR count). The maximum atomic E-state index is 11.5. The van der Waals surface area contributed by atoms with Gasteiger partial charge in [-0.1, -0.05) is 19.9 Å². The average molecular weight is 231 g/mol. The molecule has 0 aliphatic carbocycles. The van der Waals surface area contributed by atoms with Gasteiger partial charge >= 0.3 is 0 Å². The first-order chi connectivity index (χ1) is 8.22. The molecule has 1 aromatic rings. The minimum Gasteiger partial charge on any atom is -0.368 e. The molecule has 0 radical (unpaired) electrons. The highest BCUT2D eigenvalue weighted by Gasteiger charge is 2.06. The second-order valence-corrected chi connectivity index (χ2v) is 4.06. The zero-order valence-electron chi connectivity index (χ0n) is 10.8. The average Bonchev–Trinajstić information content (AvgIpc) is 2.38. The molecular formula is C15H21NO. The Morgan fingerprint density at radius 2 is 1.94 bits per heavy atom. The molecule has 17 heavy (non-hydrogen) atoms. The van der Waals surface area contributed by atoms with Crippen molar-refractivity contribution in [1.29, 1.82) is 0 Å². The lowest BCUT2D eigenvalue weighted by Gasteiger charge is -2.22. The van der Waals surface area contributed by atoms with E-state index in [9.17, 15) is 4.79 Å². The van der Waals surface area contributed by atoms with Crippen molar-refractivity contribution in [1.82, 2.24) is 0 Å². The predicted octanol–water partition coefficient (Wildman–Crippen LogP) is 3.68. The summed E-state index contributed by atoms with van der Waals surface area (Å²) in [7, 11) is 0. The Kier molecular flexibility index (Phi) is 5.47. The van der Waals surface area contributed by atoms with Crippen LogP contribution in [0.2, 0.25) is 0 Å². The van der Waals surface area contributed by atoms with Gasteiger partial charge in [-0.3, -0.25) is 4.79 Å². The topological polar surface area (TPSA) is 20.3 Å². The highest BCUT2D eigenvalue weighted by molar-refractivity contribution is 5.96. The van der Waals surface area contributed by atoms with Gasteiger partial charge in [-0.2, -0.15) is 0 Å². The summed E-state index contributed by atoms with van der Waals surface area (Å²) >= 11 is 0. The second kappa shape index (κ2) is 6.89. The summed E-state index contributed by atoms with van der Waals surface area (Å²) in [5.74, 6) is 0.197. The Bertz CT molecular complexity index is 367. The number of carbonyl (C=O) groups is 1. The van der Waals surface area contributed by atoms with Crippen LogP contribution in [0.1, 0.15) is 37.0 Å². The van der Waals surface area contributed by atoms with E-state index in [2.05, 4.69) is 18.4 Å². The number of nitrogens with zero attached hydrogens (tertiary/aromatic N) is 1. The largest absolute Gasteiger partial charge is 0.368 e. The first-order valence-electron chi connectivity index (χ1n) is 6.22. The normalized spacial score (nSPS) is 10.0. The van der Waals surface area contributed by atoms with Gasteiger partial charge in [-0.05, 0) is 30.7 Å². The molecule has 1 aromatic carbocycles. The van der Waals surface area contributed by atoms with Crippen molar-refractivity contribution in [2.75, 3.05) is 18.0 Å². The number of rotatable bonds is 7. The first-order valence-corrected chi connectivity index (χ1v) is 6.22. The van der Waals surface area contributed by atoms with Crippen LogP contribution in [0, 0.1) is 0 Å². The van der Waals surface area contributed by atoms with E-state index in [0.717, 1.165) is 30.8 Å². The Morgan fingerprint density at radius 1 is 1.29 bits per heavy atom. The summed E-state index contributed by atoms with van der Waals surface area (Å²) in [6.07, 6.45) is 3.56. The van der Waals surface area contributed by atoms with Crippen LogP contribution in [-0.2, 0) is 0 Å². The van der Waals surface area contributed by atoms with Crippen molar-refractivity contribution < 1.29 is 4.79 Å². The summed E-state index contributed by atoms with van der Waals surface area (Å²) in [6.45, 7) is 9.66. The number of ketones is 1. The summed E-state index contributed by atoms with van der Waals surface area (Å²) in [4.78, 5) is 13.8. The predicted molar refractivity (Wildman–Crippen MR) is 73.8 cm³/mol. The van der Waals surface area contributed by atoms with Crippen LogP contribution in [0.3, 0.4) is 0 Å². The highest BCUT2D eigenvalue weighted by atomic mass is 16.1. The molecule has 0 saturated carbocycles. The SMILES string of the molecule is C=CCN(CCC)c1ccc(C(=O)CC)cc1. The summed E-state index contributed by atoms with van der Waals surface area (Å²) < 4.78 is 0. The Hall–Kier alpha value is -1.57. The highest BCUT2D eigenvalue weighted by Crippen LogP contribution is 2.16. The standard InChI is InChI=1S/C15H21NO/c1-4-11-16(12-5-2)14-9-7-13(8-10-14)15(17)6-3/h4,7-10H,1,5-6,11-12H2,2-3H3. The molecule has 0 spiro atoms. The van der Waals surface area contributed by atoms with E-state index in [1.54, 1.807) is 0 Å². The Morgan fingerprint density at radius 3 is 2.41 bits per heavy atom. The van der Waals surface area contributed by atoms with Gasteiger partial charge in [-0.25, -0.2) is 0 Å². The van der Waals surface area contributed by atoms with Gasteiger partial charge in [0.15, 0.2) is 5.78 Å². The molecular weight excluding hydrogens is 210 g/mol. The van der Waals surface area contributed by atoms with Crippen LogP contribution in [0.25, 0.3) is 0 Å². The third-order valence-electron chi connectivity index (χ3n) is 2.72. The molecule has 92 valence electrons. The Labute approximate surface area is 104 Å². The summed E-state index contributed by atoms with van der Waals surface area (Å²) in [6, 6.07) is 7.85. The molecule has 0 aliphatic rings. The van der Waals surface area contributed by atoms with Gasteiger partial charge in [-0.15, -0.1) is 6.58 Å². The molecule has 0 N–H and O–H groups in total. The third-order valence-corrected chi connectivity index (χ3v) is 2.72. The molecule has 0 unspecified atom stereocenters. The van der Waals surface area contributed by atoms with E-state index in [0.29, 0.717) is 6.42 Å². The van der Waals surface area contributed by atoms with Crippen LogP contribution >= 0.6 is 0 Å². The molecule has 0 amide bonds. The van der Waals surface area contributed by atoms with Gasteiger partial charge in [0, 0.05) is 30.8 Å². The molecule has 0 atom stereocenters. The van der Waals surface area contributed by atoms with Crippen molar-refractivity contribution in [2.24, 2.45) is 0 Å². The fourth-order valence-corrected chi connectivity index (χ4v) is 1.81. The smallest absolute Gasteiger partial charge is 0.162 e. The van der Waals surface area contributed by atoms with Crippen molar-refractivity contribution >= 4 is 11.5 Å². The lowest BCUT2D eigenvalue weighted by molar-refractivity contribution is 0.0988. The number of carbonyl (C=O) groups excluding carboxylic acids is 1. The molecule has 2 heteroatoms. The fraction of sp³-hybridized carbons (Fsp3) is 0.400. The second-order valence-electron chi connectivity index (χ2n) is 4.06. The van der Waals surface area contributed by atoms with Crippen LogP contribution in [-0.4, -0.2) is 18.9 Å². The number of anilines is 1. The Balaban J connectivity index is 2.83. The van der Waals surface area contributed by atoms with Gasteiger partial charge in [0.1, 0.15) is 0 Å². The molecule has 0 bridgehead atoms. The van der Waals surface area contributed by atoms with Crippen LogP contribution in [0.4, 0.5) is 5.69 Å². The summed E-state index contributed by atoms with van der Waals surface area (Å²) in [5, 5.41) is 0. The van der Waals surface area contributed by atoms with Crippen molar-refractivity contribution in [2.45, 2.75) is 26.7 Å². The lowest BCUT2D eigenvalue weighted by atomic mass is 10.1. The minimum atomic E-state index is 0.197. The molecule has 0 aromatic heterocycles. The van der Waals surface area contributed by atoms with E-state index in [1.807, 2.05) is 37.3 Å². The maximum Gasteiger partial charge on any atom is 0.162 e. The number of hydrogen-bond donors (Lipinski definition) is 0. The van der Waals surface area contributed by atoms with E-state index in [-0.39, 0.29) is 5.78 Å².